The SMILES string of the molecule is [2H]C([2H])([2H])n1nnnc1-c1cnc(C)c(NC(=O)c2cnn3ccc(N4CC5(C4)CC(O)(C(F)F)C5)cc23)c1. The van der Waals surface area contributed by atoms with Crippen molar-refractivity contribution in [3.63, 3.8) is 0 Å². The number of alkyl halides is 2. The number of nitrogens with one attached hydrogen (secondary N) is 1. The molecule has 13 heteroatoms. The van der Waals surface area contributed by atoms with Crippen LogP contribution in [0.5, 0.6) is 0 Å². The summed E-state index contributed by atoms with van der Waals surface area (Å²) >= 11 is 0. The molecule has 36 heavy (non-hydrogen) atoms. The summed E-state index contributed by atoms with van der Waals surface area (Å²) in [6.07, 6.45) is 1.96. The number of rotatable bonds is 5. The Morgan fingerprint density at radius 2 is 2.08 bits per heavy atom. The van der Waals surface area contributed by atoms with E-state index in [1.54, 1.807) is 29.8 Å². The zero-order valence-corrected chi connectivity index (χ0v) is 19.1. The van der Waals surface area contributed by atoms with Crippen LogP contribution in [-0.4, -0.2) is 70.9 Å². The molecule has 186 valence electrons. The topological polar surface area (TPSA) is 126 Å². The molecule has 1 spiro atoms. The van der Waals surface area contributed by atoms with Crippen LogP contribution < -0.4 is 10.2 Å². The average molecular weight is 499 g/mol. The molecule has 1 aliphatic carbocycles. The van der Waals surface area contributed by atoms with Crippen molar-refractivity contribution in [2.75, 3.05) is 23.3 Å². The lowest BCUT2D eigenvalue weighted by molar-refractivity contribution is -0.209. The van der Waals surface area contributed by atoms with Crippen LogP contribution in [0.3, 0.4) is 0 Å². The number of hydrogen-bond donors (Lipinski definition) is 2. The number of tetrazole rings is 1. The molecule has 1 saturated heterocycles. The standard InChI is InChI=1S/C23H23F2N9O2/c1-13-17(5-14(7-26-13)19-29-30-31-32(19)2)28-20(35)16-8-27-34-4-3-15(6-18(16)34)33-11-22(12-33)9-23(36,10-22)21(24)25/h3-8,21,36H,9-12H2,1-2H3,(H,28,35)/i2D3. The molecule has 2 N–H and O–H groups in total. The molecule has 1 saturated carbocycles. The van der Waals surface area contributed by atoms with Gasteiger partial charge >= 0.3 is 0 Å². The molecule has 0 radical (unpaired) electrons. The number of pyridine rings is 2. The summed E-state index contributed by atoms with van der Waals surface area (Å²) in [6, 6.07) is 5.18. The molecule has 0 atom stereocenters. The van der Waals surface area contributed by atoms with E-state index in [2.05, 4.69) is 30.9 Å². The first-order valence-corrected chi connectivity index (χ1v) is 11.2. The number of aryl methyl sites for hydroxylation is 2. The highest BCUT2D eigenvalue weighted by atomic mass is 19.3. The van der Waals surface area contributed by atoms with Crippen molar-refractivity contribution >= 4 is 22.8 Å². The molecule has 1 amide bonds. The van der Waals surface area contributed by atoms with Crippen LogP contribution in [0.25, 0.3) is 16.9 Å². The highest BCUT2D eigenvalue weighted by Crippen LogP contribution is 2.56. The van der Waals surface area contributed by atoms with Crippen molar-refractivity contribution in [3.8, 4) is 11.4 Å². The molecule has 0 bridgehead atoms. The highest BCUT2D eigenvalue weighted by molar-refractivity contribution is 6.09. The molecular weight excluding hydrogens is 472 g/mol. The lowest BCUT2D eigenvalue weighted by atomic mass is 9.55. The van der Waals surface area contributed by atoms with E-state index in [9.17, 15) is 18.7 Å². The van der Waals surface area contributed by atoms with Crippen LogP contribution in [0, 0.1) is 12.3 Å². The van der Waals surface area contributed by atoms with E-state index in [1.807, 2.05) is 11.0 Å². The summed E-state index contributed by atoms with van der Waals surface area (Å²) in [5.41, 5.74) is 0.577. The Labute approximate surface area is 208 Å². The molecular formula is C23H23F2N9O2. The van der Waals surface area contributed by atoms with E-state index in [1.165, 1.54) is 12.4 Å². The minimum Gasteiger partial charge on any atom is -0.384 e. The van der Waals surface area contributed by atoms with Gasteiger partial charge in [-0.3, -0.25) is 9.78 Å². The molecule has 4 aromatic rings. The monoisotopic (exact) mass is 498 g/mol. The molecule has 5 heterocycles. The Bertz CT molecular complexity index is 1590. The van der Waals surface area contributed by atoms with Gasteiger partial charge in [0.15, 0.2) is 5.82 Å². The van der Waals surface area contributed by atoms with E-state index in [0.717, 1.165) is 5.69 Å². The fourth-order valence-electron chi connectivity index (χ4n) is 5.25. The van der Waals surface area contributed by atoms with Crippen molar-refractivity contribution in [2.45, 2.75) is 31.8 Å². The molecule has 0 unspecified atom stereocenters. The van der Waals surface area contributed by atoms with Crippen molar-refractivity contribution in [1.82, 2.24) is 34.8 Å². The Balaban J connectivity index is 1.22. The number of carbonyl (C=O) groups excluding carboxylic acids is 1. The number of amides is 1. The Hall–Kier alpha value is -4.00. The van der Waals surface area contributed by atoms with E-state index >= 15 is 0 Å². The van der Waals surface area contributed by atoms with Crippen LogP contribution in [-0.2, 0) is 6.98 Å². The highest BCUT2D eigenvalue weighted by Gasteiger charge is 2.63. The normalized spacial score (nSPS) is 19.5. The summed E-state index contributed by atoms with van der Waals surface area (Å²) in [4.78, 5) is 19.6. The maximum absolute atomic E-state index is 13.3. The minimum atomic E-state index is -2.75. The Morgan fingerprint density at radius 1 is 1.28 bits per heavy atom. The minimum absolute atomic E-state index is 0.0237. The maximum atomic E-state index is 13.3. The zero-order chi connectivity index (χ0) is 27.7. The summed E-state index contributed by atoms with van der Waals surface area (Å²) < 4.78 is 51.2. The molecule has 0 aromatic carbocycles. The Morgan fingerprint density at radius 3 is 2.83 bits per heavy atom. The number of halogens is 2. The van der Waals surface area contributed by atoms with Gasteiger partial charge in [0.2, 0.25) is 0 Å². The molecule has 6 rings (SSSR count). The summed E-state index contributed by atoms with van der Waals surface area (Å²) in [6.45, 7) is 0.179. The van der Waals surface area contributed by atoms with Crippen LogP contribution >= 0.6 is 0 Å². The van der Waals surface area contributed by atoms with Crippen LogP contribution in [0.15, 0.2) is 36.8 Å². The van der Waals surface area contributed by atoms with Gasteiger partial charge in [-0.1, -0.05) is 0 Å². The van der Waals surface area contributed by atoms with Crippen LogP contribution in [0.1, 0.15) is 33.0 Å². The second-order valence-corrected chi connectivity index (χ2v) is 9.61. The van der Waals surface area contributed by atoms with Gasteiger partial charge in [-0.15, -0.1) is 5.10 Å². The second-order valence-electron chi connectivity index (χ2n) is 9.61. The van der Waals surface area contributed by atoms with E-state index in [0.29, 0.717) is 45.8 Å². The van der Waals surface area contributed by atoms with Crippen molar-refractivity contribution in [3.05, 3.63) is 48.0 Å². The van der Waals surface area contributed by atoms with E-state index in [4.69, 9.17) is 4.11 Å². The van der Waals surface area contributed by atoms with E-state index < -0.39 is 24.9 Å². The lowest BCUT2D eigenvalue weighted by Gasteiger charge is -2.62. The first kappa shape index (κ1) is 19.2. The van der Waals surface area contributed by atoms with E-state index in [-0.39, 0.29) is 24.1 Å². The maximum Gasteiger partial charge on any atom is 0.266 e. The van der Waals surface area contributed by atoms with Gasteiger partial charge in [0.25, 0.3) is 12.3 Å². The molecule has 1 aliphatic heterocycles. The number of nitrogens with zero attached hydrogens (tertiary/aromatic N) is 8. The first-order valence-electron chi connectivity index (χ1n) is 12.7. The third kappa shape index (κ3) is 3.49. The predicted octanol–water partition coefficient (Wildman–Crippen LogP) is 2.08. The summed E-state index contributed by atoms with van der Waals surface area (Å²) in [5, 5.41) is 27.8. The third-order valence-electron chi connectivity index (χ3n) is 7.00. The number of aromatic nitrogens is 7. The number of aliphatic hydroxyl groups is 1. The van der Waals surface area contributed by atoms with Crippen molar-refractivity contribution < 1.29 is 22.8 Å². The quantitative estimate of drug-likeness (QED) is 0.428. The predicted molar refractivity (Wildman–Crippen MR) is 125 cm³/mol. The molecule has 4 aromatic heterocycles. The summed E-state index contributed by atoms with van der Waals surface area (Å²) in [7, 11) is 0. The Kier molecular flexibility index (Phi) is 4.14. The van der Waals surface area contributed by atoms with Crippen LogP contribution in [0.2, 0.25) is 0 Å². The largest absolute Gasteiger partial charge is 0.384 e. The van der Waals surface area contributed by atoms with Crippen LogP contribution in [0.4, 0.5) is 20.2 Å². The van der Waals surface area contributed by atoms with Gasteiger partial charge in [0.1, 0.15) is 5.60 Å². The lowest BCUT2D eigenvalue weighted by Crippen LogP contribution is -2.70. The summed E-state index contributed by atoms with van der Waals surface area (Å²) in [5.74, 6) is -0.481. The zero-order valence-electron chi connectivity index (χ0n) is 22.1. The number of anilines is 2. The number of hydrogen-bond acceptors (Lipinski definition) is 8. The van der Waals surface area contributed by atoms with Crippen molar-refractivity contribution in [1.29, 1.82) is 0 Å². The third-order valence-corrected chi connectivity index (χ3v) is 7.00. The van der Waals surface area contributed by atoms with Gasteiger partial charge in [-0.05, 0) is 48.4 Å². The average Bonchev–Trinajstić information content (AvgIpc) is 3.49. The smallest absolute Gasteiger partial charge is 0.266 e. The fourth-order valence-corrected chi connectivity index (χ4v) is 5.25. The van der Waals surface area contributed by atoms with Gasteiger partial charge in [0, 0.05) is 53.2 Å². The molecule has 2 fully saturated rings. The van der Waals surface area contributed by atoms with Gasteiger partial charge < -0.3 is 15.3 Å². The molecule has 2 aliphatic rings. The van der Waals surface area contributed by atoms with Gasteiger partial charge in [0.05, 0.1) is 28.7 Å². The number of fused-ring (bicyclic) bond motifs is 1. The number of carbonyl (C=O) groups is 1. The van der Waals surface area contributed by atoms with Gasteiger partial charge in [-0.2, -0.15) is 5.10 Å². The second kappa shape index (κ2) is 7.75. The molecule has 11 nitrogen and oxygen atoms in total. The first-order chi connectivity index (χ1) is 18.4. The fraction of sp³-hybridized carbons (Fsp3) is 0.391. The van der Waals surface area contributed by atoms with Gasteiger partial charge in [-0.25, -0.2) is 18.0 Å². The van der Waals surface area contributed by atoms with Crippen molar-refractivity contribution in [2.24, 2.45) is 12.4 Å².